The van der Waals surface area contributed by atoms with Gasteiger partial charge in [0.05, 0.1) is 0 Å². The van der Waals surface area contributed by atoms with E-state index in [1.54, 1.807) is 0 Å². The van der Waals surface area contributed by atoms with Crippen molar-refractivity contribution in [2.24, 2.45) is 0 Å². The molecule has 4 heteroatoms. The van der Waals surface area contributed by atoms with Gasteiger partial charge in [0.2, 0.25) is 0 Å². The number of hydrogen-bond acceptors (Lipinski definition) is 0. The van der Waals surface area contributed by atoms with Crippen LogP contribution in [0.5, 0.6) is 0 Å². The van der Waals surface area contributed by atoms with Crippen LogP contribution in [0.1, 0.15) is 0 Å². The molecule has 0 aliphatic heterocycles. The summed E-state index contributed by atoms with van der Waals surface area (Å²) in [6.07, 6.45) is 0. The van der Waals surface area contributed by atoms with Crippen molar-refractivity contribution in [2.75, 3.05) is 0 Å². The van der Waals surface area contributed by atoms with Gasteiger partial charge in [-0.05, 0) is 0 Å². The van der Waals surface area contributed by atoms with E-state index in [1.165, 1.54) is 0 Å². The molecule has 0 unspecified atom stereocenters. The van der Waals surface area contributed by atoms with Crippen molar-refractivity contribution < 1.29 is 46.7 Å². The zero-order valence-electron chi connectivity index (χ0n) is 2.02. The van der Waals surface area contributed by atoms with Crippen LogP contribution >= 0.6 is 0 Å². The fourth-order valence-corrected chi connectivity index (χ4v) is 0. The fourth-order valence-electron chi connectivity index (χ4n) is 0. The van der Waals surface area contributed by atoms with Crippen LogP contribution in [0.3, 0.4) is 0 Å². The molecule has 0 N–H and O–H groups in total. The Balaban J connectivity index is 0. The van der Waals surface area contributed by atoms with Crippen LogP contribution in [0.15, 0.2) is 0 Å². The second-order valence-corrected chi connectivity index (χ2v) is 0. The van der Waals surface area contributed by atoms with Gasteiger partial charge in [0, 0.05) is 0 Å². The van der Waals surface area contributed by atoms with E-state index in [1.807, 2.05) is 0 Å². The van der Waals surface area contributed by atoms with Crippen molar-refractivity contribution in [1.82, 2.24) is 0 Å². The third-order valence-corrected chi connectivity index (χ3v) is 0. The van der Waals surface area contributed by atoms with Gasteiger partial charge in [-0.25, -0.2) is 0 Å². The predicted octanol–water partition coefficient (Wildman–Crippen LogP) is -0.126. The summed E-state index contributed by atoms with van der Waals surface area (Å²) in [5, 5.41) is 0. The van der Waals surface area contributed by atoms with Gasteiger partial charge < -0.3 is 19.0 Å². The number of hydrogen-bond donors (Lipinski definition) is 0. The first-order chi connectivity index (χ1) is 0. The Kier molecular flexibility index (Phi) is 256. The van der Waals surface area contributed by atoms with Crippen molar-refractivity contribution in [3.63, 3.8) is 0 Å². The molecule has 0 rings (SSSR count). The zero-order chi connectivity index (χ0) is 0. The molecule has 0 atom stereocenters. The van der Waals surface area contributed by atoms with Crippen LogP contribution < -0.4 is 0 Å². The van der Waals surface area contributed by atoms with E-state index in [0.29, 0.717) is 0 Å². The first-order valence-electron chi connectivity index (χ1n) is 0. The monoisotopic (exact) mass is 160 g/mol. The molecule has 0 aliphatic rings. The predicted molar refractivity (Wildman–Crippen MR) is 8.05 cm³/mol. The van der Waals surface area contributed by atoms with Gasteiger partial charge in [-0.3, -0.25) is 0 Å². The Morgan fingerprint density at radius 1 is 1.00 bits per heavy atom. The Morgan fingerprint density at radius 2 is 1.00 bits per heavy atom. The molecular weight excluding hydrogens is 161 g/mol. The van der Waals surface area contributed by atoms with Crippen molar-refractivity contribution in [1.29, 1.82) is 0 Å². The normalized spacial score (nSPS) is 0. The molecule has 0 saturated carbocycles. The topological polar surface area (TPSA) is 28.5 Å². The molecule has 0 spiro atoms. The van der Waals surface area contributed by atoms with Crippen molar-refractivity contribution in [2.45, 2.75) is 0 Å². The summed E-state index contributed by atoms with van der Waals surface area (Å²) in [5.41, 5.74) is 0. The van der Waals surface area contributed by atoms with Crippen LogP contribution in [0.4, 0.5) is 0 Å². The zero-order valence-corrected chi connectivity index (χ0v) is 7.37. The van der Waals surface area contributed by atoms with E-state index in [4.69, 9.17) is 0 Å². The minimum absolute atomic E-state index is 0. The van der Waals surface area contributed by atoms with Crippen LogP contribution in [-0.4, -0.2) is 0 Å². The van der Waals surface area contributed by atoms with E-state index in [9.17, 15) is 0 Å². The average molecular weight is 161 g/mol. The first kappa shape index (κ1) is 44.9. The minimum Gasteiger partial charge on any atom is -2.00 e. The quantitative estimate of drug-likeness (QED) is 0.443. The van der Waals surface area contributed by atoms with E-state index in [2.05, 4.69) is 0 Å². The molecule has 0 saturated heterocycles. The molecule has 1 nitrogen and oxygen atoms in total. The third-order valence-electron chi connectivity index (χ3n) is 0. The Hall–Kier alpha value is 1.65. The van der Waals surface area contributed by atoms with E-state index in [0.717, 1.165) is 0 Å². The first-order valence-corrected chi connectivity index (χ1v) is 0. The maximum Gasteiger partial charge on any atom is 4.00 e. The fraction of sp³-hybridized carbons (Fsp3) is 0. The van der Waals surface area contributed by atoms with Crippen molar-refractivity contribution in [3.05, 3.63) is 0 Å². The van der Waals surface area contributed by atoms with Gasteiger partial charge in [-0.2, -0.15) is 0 Å². The summed E-state index contributed by atoms with van der Waals surface area (Å²) >= 11 is 0. The largest absolute Gasteiger partial charge is 4.00 e. The SMILES string of the molecule is [O-2].[S-2].[Ti+4].[Zn+2]. The summed E-state index contributed by atoms with van der Waals surface area (Å²) in [4.78, 5) is 0. The molecule has 0 radical (unpaired) electrons. The summed E-state index contributed by atoms with van der Waals surface area (Å²) < 4.78 is 0. The molecule has 0 aromatic heterocycles. The van der Waals surface area contributed by atoms with Gasteiger partial charge in [-0.15, -0.1) is 0 Å². The minimum atomic E-state index is 0. The Labute approximate surface area is 59.9 Å². The van der Waals surface area contributed by atoms with E-state index < -0.39 is 0 Å². The molecule has 0 heterocycles. The molecule has 0 bridgehead atoms. The molecule has 16 valence electrons. The van der Waals surface area contributed by atoms with E-state index in [-0.39, 0.29) is 60.2 Å². The van der Waals surface area contributed by atoms with Gasteiger partial charge >= 0.3 is 41.2 Å². The molecule has 0 fully saturated rings. The van der Waals surface area contributed by atoms with Crippen molar-refractivity contribution in [3.8, 4) is 0 Å². The summed E-state index contributed by atoms with van der Waals surface area (Å²) in [7, 11) is 0. The molecule has 0 aliphatic carbocycles. The summed E-state index contributed by atoms with van der Waals surface area (Å²) in [5.74, 6) is 0. The molecule has 0 aromatic rings. The van der Waals surface area contributed by atoms with Gasteiger partial charge in [0.15, 0.2) is 0 Å². The second kappa shape index (κ2) is 22.8. The standard InChI is InChI=1S/O.S.Ti.Zn/q2*-2;+4;+2. The van der Waals surface area contributed by atoms with Crippen LogP contribution in [0.25, 0.3) is 0 Å². The van der Waals surface area contributed by atoms with E-state index >= 15 is 0 Å². The van der Waals surface area contributed by atoms with Crippen LogP contribution in [0, 0.1) is 0 Å². The van der Waals surface area contributed by atoms with Crippen molar-refractivity contribution >= 4 is 13.5 Å². The smallest absolute Gasteiger partial charge is 2.00 e. The maximum absolute atomic E-state index is 0. The molecule has 4 heavy (non-hydrogen) atoms. The molecule has 0 amide bonds. The summed E-state index contributed by atoms with van der Waals surface area (Å²) in [6, 6.07) is 0. The second-order valence-electron chi connectivity index (χ2n) is 0. The molecular formula is OSTiZn+2. The van der Waals surface area contributed by atoms with Crippen LogP contribution in [-0.2, 0) is 60.2 Å². The average Bonchev–Trinajstić information content (AvgIpc) is 0. The van der Waals surface area contributed by atoms with Crippen LogP contribution in [0.2, 0.25) is 0 Å². The Bertz CT molecular complexity index is 8.00. The van der Waals surface area contributed by atoms with Gasteiger partial charge in [0.25, 0.3) is 0 Å². The van der Waals surface area contributed by atoms with Gasteiger partial charge in [0.1, 0.15) is 0 Å². The summed E-state index contributed by atoms with van der Waals surface area (Å²) in [6.45, 7) is 0. The van der Waals surface area contributed by atoms with Gasteiger partial charge in [-0.1, -0.05) is 0 Å². The number of rotatable bonds is 0. The maximum atomic E-state index is 0. The molecule has 0 aromatic carbocycles. The Morgan fingerprint density at radius 3 is 1.00 bits per heavy atom. The third kappa shape index (κ3) is 9.42.